The lowest BCUT2D eigenvalue weighted by atomic mass is 10.1. The second kappa shape index (κ2) is 5.42. The lowest BCUT2D eigenvalue weighted by Crippen LogP contribution is -2.32. The Hall–Kier alpha value is -3.19. The second-order valence-electron chi connectivity index (χ2n) is 5.33. The Bertz CT molecular complexity index is 1040. The Morgan fingerprint density at radius 2 is 1.72 bits per heavy atom. The number of hydroxylamine groups is 2. The third kappa shape index (κ3) is 2.28. The van der Waals surface area contributed by atoms with E-state index in [1.807, 2.05) is 0 Å². The Morgan fingerprint density at radius 1 is 1.08 bits per heavy atom. The van der Waals surface area contributed by atoms with E-state index in [1.54, 1.807) is 12.1 Å². The average molecular weight is 359 g/mol. The van der Waals surface area contributed by atoms with Gasteiger partial charge in [0, 0.05) is 10.9 Å². The van der Waals surface area contributed by atoms with E-state index < -0.39 is 23.6 Å². The van der Waals surface area contributed by atoms with Crippen LogP contribution in [0.25, 0.3) is 10.9 Å². The molecule has 6 nitrogen and oxygen atoms in total. The van der Waals surface area contributed by atoms with E-state index in [0.29, 0.717) is 10.6 Å². The molecule has 2 amide bonds. The minimum atomic E-state index is -1.03. The molecule has 1 aliphatic rings. The topological polar surface area (TPSA) is 79.5 Å². The van der Waals surface area contributed by atoms with E-state index in [9.17, 15) is 18.8 Å². The number of nitrogens with zero attached hydrogens (tertiary/aromatic N) is 1. The molecule has 0 saturated carbocycles. The van der Waals surface area contributed by atoms with Crippen molar-refractivity contribution in [2.75, 3.05) is 0 Å². The van der Waals surface area contributed by atoms with Crippen molar-refractivity contribution in [3.8, 4) is 0 Å². The van der Waals surface area contributed by atoms with Crippen molar-refractivity contribution >= 4 is 40.3 Å². The van der Waals surface area contributed by atoms with E-state index in [-0.39, 0.29) is 27.2 Å². The van der Waals surface area contributed by atoms with Gasteiger partial charge in [-0.05, 0) is 30.3 Å². The van der Waals surface area contributed by atoms with Gasteiger partial charge in [0.25, 0.3) is 11.8 Å². The lowest BCUT2D eigenvalue weighted by Gasteiger charge is -2.12. The molecule has 0 spiro atoms. The van der Waals surface area contributed by atoms with Gasteiger partial charge < -0.3 is 9.82 Å². The predicted octanol–water partition coefficient (Wildman–Crippen LogP) is 3.33. The van der Waals surface area contributed by atoms with Gasteiger partial charge in [0.05, 0.1) is 16.1 Å². The highest BCUT2D eigenvalue weighted by atomic mass is 35.5. The van der Waals surface area contributed by atoms with Gasteiger partial charge in [-0.3, -0.25) is 9.59 Å². The maximum absolute atomic E-state index is 13.3. The highest BCUT2D eigenvalue weighted by Gasteiger charge is 2.39. The quantitative estimate of drug-likeness (QED) is 0.713. The largest absolute Gasteiger partial charge is 0.381 e. The third-order valence-corrected chi connectivity index (χ3v) is 4.22. The first-order valence-electron chi connectivity index (χ1n) is 7.14. The molecule has 2 heterocycles. The van der Waals surface area contributed by atoms with Crippen molar-refractivity contribution in [3.63, 3.8) is 0 Å². The van der Waals surface area contributed by atoms with Gasteiger partial charge in [-0.1, -0.05) is 28.8 Å². The summed E-state index contributed by atoms with van der Waals surface area (Å²) in [6, 6.07) is 9.89. The predicted molar refractivity (Wildman–Crippen MR) is 85.6 cm³/mol. The molecule has 4 rings (SSSR count). The van der Waals surface area contributed by atoms with Crippen molar-refractivity contribution in [2.45, 2.75) is 0 Å². The highest BCUT2D eigenvalue weighted by Crippen LogP contribution is 2.30. The number of imide groups is 1. The number of halogens is 2. The number of rotatable bonds is 2. The van der Waals surface area contributed by atoms with Gasteiger partial charge >= 0.3 is 5.97 Å². The maximum Gasteiger partial charge on any atom is 0.381 e. The highest BCUT2D eigenvalue weighted by molar-refractivity contribution is 6.38. The average Bonchev–Trinajstić information content (AvgIpc) is 3.05. The number of fused-ring (bicyclic) bond motifs is 2. The standard InChI is InChI=1S/C17H8ClFN2O4/c18-13-11-7-8(19)5-6-12(11)20-14(13)17(24)25-21-15(22)9-3-1-2-4-10(9)16(21)23/h1-7,20H. The molecule has 0 aliphatic carbocycles. The molecule has 0 radical (unpaired) electrons. The first-order valence-corrected chi connectivity index (χ1v) is 7.52. The number of amides is 2. The van der Waals surface area contributed by atoms with Crippen LogP contribution in [0.3, 0.4) is 0 Å². The lowest BCUT2D eigenvalue weighted by molar-refractivity contribution is -0.0587. The van der Waals surface area contributed by atoms with E-state index in [4.69, 9.17) is 16.4 Å². The fraction of sp³-hybridized carbons (Fsp3) is 0. The minimum absolute atomic E-state index is 0.0592. The summed E-state index contributed by atoms with van der Waals surface area (Å²) in [5.41, 5.74) is 0.523. The molecular formula is C17H8ClFN2O4. The molecule has 1 N–H and O–H groups in total. The van der Waals surface area contributed by atoms with Crippen LogP contribution >= 0.6 is 11.6 Å². The van der Waals surface area contributed by atoms with Crippen molar-refractivity contribution < 1.29 is 23.6 Å². The summed E-state index contributed by atoms with van der Waals surface area (Å²) in [7, 11) is 0. The van der Waals surface area contributed by atoms with Crippen LogP contribution in [0.15, 0.2) is 42.5 Å². The van der Waals surface area contributed by atoms with E-state index in [1.165, 1.54) is 24.3 Å². The molecule has 3 aromatic rings. The summed E-state index contributed by atoms with van der Waals surface area (Å²) in [5.74, 6) is -3.04. The SMILES string of the molecule is O=C(ON1C(=O)c2ccccc2C1=O)c1[nH]c2ccc(F)cc2c1Cl. The summed E-state index contributed by atoms with van der Waals surface area (Å²) in [6.07, 6.45) is 0. The van der Waals surface area contributed by atoms with Gasteiger partial charge in [-0.25, -0.2) is 9.18 Å². The van der Waals surface area contributed by atoms with Crippen molar-refractivity contribution in [2.24, 2.45) is 0 Å². The Kier molecular flexibility index (Phi) is 3.33. The second-order valence-corrected chi connectivity index (χ2v) is 5.71. The molecule has 25 heavy (non-hydrogen) atoms. The summed E-state index contributed by atoms with van der Waals surface area (Å²) in [5, 5.41) is 0.613. The van der Waals surface area contributed by atoms with Gasteiger partial charge in [0.1, 0.15) is 11.5 Å². The number of aromatic amines is 1. The van der Waals surface area contributed by atoms with Gasteiger partial charge in [-0.2, -0.15) is 0 Å². The van der Waals surface area contributed by atoms with Crippen LogP contribution in [-0.4, -0.2) is 27.8 Å². The Morgan fingerprint density at radius 3 is 2.36 bits per heavy atom. The molecule has 0 atom stereocenters. The van der Waals surface area contributed by atoms with E-state index in [2.05, 4.69) is 4.98 Å². The van der Waals surface area contributed by atoms with E-state index >= 15 is 0 Å². The van der Waals surface area contributed by atoms with Crippen LogP contribution in [-0.2, 0) is 4.84 Å². The maximum atomic E-state index is 13.3. The number of benzene rings is 2. The zero-order chi connectivity index (χ0) is 17.7. The number of carbonyl (C=O) groups is 3. The number of aromatic nitrogens is 1. The normalized spacial score (nSPS) is 13.4. The van der Waals surface area contributed by atoms with E-state index in [0.717, 1.165) is 6.07 Å². The Balaban J connectivity index is 1.67. The molecule has 1 aromatic heterocycles. The monoisotopic (exact) mass is 358 g/mol. The molecule has 0 unspecified atom stereocenters. The summed E-state index contributed by atoms with van der Waals surface area (Å²) in [6.45, 7) is 0. The number of carbonyl (C=O) groups excluding carboxylic acids is 3. The number of nitrogens with one attached hydrogen (secondary N) is 1. The molecule has 0 saturated heterocycles. The van der Waals surface area contributed by atoms with Crippen molar-refractivity contribution in [1.29, 1.82) is 0 Å². The smallest absolute Gasteiger partial charge is 0.348 e. The van der Waals surface area contributed by atoms with Gasteiger partial charge in [-0.15, -0.1) is 0 Å². The van der Waals surface area contributed by atoms with Crippen LogP contribution in [0.5, 0.6) is 0 Å². The van der Waals surface area contributed by atoms with Crippen LogP contribution in [0.4, 0.5) is 4.39 Å². The van der Waals surface area contributed by atoms with Crippen molar-refractivity contribution in [1.82, 2.24) is 10.0 Å². The first kappa shape index (κ1) is 15.3. The zero-order valence-corrected chi connectivity index (χ0v) is 13.1. The summed E-state index contributed by atoms with van der Waals surface area (Å²) >= 11 is 6.08. The minimum Gasteiger partial charge on any atom is -0.348 e. The molecule has 1 aliphatic heterocycles. The Labute approximate surface area is 144 Å². The summed E-state index contributed by atoms with van der Waals surface area (Å²) < 4.78 is 13.3. The fourth-order valence-corrected chi connectivity index (χ4v) is 2.93. The number of hydrogen-bond donors (Lipinski definition) is 1. The molecule has 0 bridgehead atoms. The van der Waals surface area contributed by atoms with Crippen LogP contribution in [0, 0.1) is 5.82 Å². The summed E-state index contributed by atoms with van der Waals surface area (Å²) in [4.78, 5) is 44.4. The molecule has 2 aromatic carbocycles. The molecule has 124 valence electrons. The van der Waals surface area contributed by atoms with Crippen LogP contribution in [0.1, 0.15) is 31.2 Å². The van der Waals surface area contributed by atoms with Gasteiger partial charge in [0.2, 0.25) is 0 Å². The fourth-order valence-electron chi connectivity index (χ4n) is 2.65. The third-order valence-electron chi connectivity index (χ3n) is 3.83. The van der Waals surface area contributed by atoms with Gasteiger partial charge in [0.15, 0.2) is 0 Å². The number of H-pyrrole nitrogens is 1. The molecule has 0 fully saturated rings. The van der Waals surface area contributed by atoms with Crippen LogP contribution in [0.2, 0.25) is 5.02 Å². The molecule has 8 heteroatoms. The number of hydrogen-bond acceptors (Lipinski definition) is 4. The molecular weight excluding hydrogens is 351 g/mol. The first-order chi connectivity index (χ1) is 12.0. The van der Waals surface area contributed by atoms with Crippen molar-refractivity contribution in [3.05, 3.63) is 70.1 Å². The zero-order valence-electron chi connectivity index (χ0n) is 12.4. The van der Waals surface area contributed by atoms with Crippen LogP contribution < -0.4 is 0 Å².